The van der Waals surface area contributed by atoms with E-state index < -0.39 is 16.1 Å². The van der Waals surface area contributed by atoms with Crippen molar-refractivity contribution in [3.05, 3.63) is 71.8 Å². The predicted octanol–water partition coefficient (Wildman–Crippen LogP) is 3.39. The number of rotatable bonds is 6. The average Bonchev–Trinajstić information content (AvgIpc) is 2.53. The van der Waals surface area contributed by atoms with Crippen molar-refractivity contribution >= 4 is 16.1 Å². The molecule has 22 heavy (non-hydrogen) atoms. The number of aryl methyl sites for hydroxylation is 2. The number of hydrogen-bond acceptors (Lipinski definition) is 2. The Hall–Kier alpha value is -1.18. The maximum absolute atomic E-state index is 10.4. The Bertz CT molecular complexity index is 520. The first-order valence-electron chi connectivity index (χ1n) is 7.09. The fraction of sp³-hybridized carbons (Fsp3) is 0.250. The van der Waals surface area contributed by atoms with Gasteiger partial charge in [0.15, 0.2) is 16.1 Å². The molecule has 0 saturated carbocycles. The highest BCUT2D eigenvalue weighted by Crippen LogP contribution is 2.15. The summed E-state index contributed by atoms with van der Waals surface area (Å²) in [4.78, 5) is 17.1. The van der Waals surface area contributed by atoms with Gasteiger partial charge in [0.05, 0.1) is 0 Å². The predicted molar refractivity (Wildman–Crippen MR) is 92.5 cm³/mol. The van der Waals surface area contributed by atoms with Gasteiger partial charge < -0.3 is 9.79 Å². The summed E-state index contributed by atoms with van der Waals surface area (Å²) >= 11 is 0. The van der Waals surface area contributed by atoms with E-state index in [0.717, 1.165) is 11.1 Å². The molecule has 2 aromatic rings. The van der Waals surface area contributed by atoms with Crippen molar-refractivity contribution in [2.45, 2.75) is 12.8 Å². The van der Waals surface area contributed by atoms with Gasteiger partial charge in [0.2, 0.25) is 0 Å². The summed E-state index contributed by atoms with van der Waals surface area (Å²) in [5.74, 6) is 0. The van der Waals surface area contributed by atoms with E-state index in [9.17, 15) is 9.13 Å². The minimum absolute atomic E-state index is 0.397. The van der Waals surface area contributed by atoms with Crippen molar-refractivity contribution in [3.63, 3.8) is 0 Å². The molecule has 6 heteroatoms. The monoisotopic (exact) mass is 340 g/mol. The molecular weight excluding hydrogens is 318 g/mol. The Kier molecular flexibility index (Phi) is 9.77. The Morgan fingerprint density at radius 1 is 0.636 bits per heavy atom. The van der Waals surface area contributed by atoms with E-state index in [1.165, 1.54) is 0 Å². The van der Waals surface area contributed by atoms with Crippen LogP contribution in [-0.4, -0.2) is 22.1 Å². The largest absolute Gasteiger partial charge is 0.346 e. The first kappa shape index (κ1) is 18.9. The molecule has 2 rings (SSSR count). The van der Waals surface area contributed by atoms with Crippen molar-refractivity contribution in [1.82, 2.24) is 0 Å². The molecule has 0 heterocycles. The van der Waals surface area contributed by atoms with Crippen LogP contribution < -0.4 is 0 Å². The van der Waals surface area contributed by atoms with E-state index >= 15 is 0 Å². The lowest BCUT2D eigenvalue weighted by atomic mass is 10.2. The van der Waals surface area contributed by atoms with Crippen LogP contribution in [-0.2, 0) is 22.0 Å². The van der Waals surface area contributed by atoms with Crippen LogP contribution >= 0.6 is 16.1 Å². The minimum Gasteiger partial charge on any atom is -0.346 e. The molecule has 0 aliphatic rings. The smallest absolute Gasteiger partial charge is 0.189 e. The van der Waals surface area contributed by atoms with E-state index in [4.69, 9.17) is 9.79 Å². The van der Waals surface area contributed by atoms with Crippen LogP contribution in [0.5, 0.6) is 0 Å². The zero-order chi connectivity index (χ0) is 16.2. The Morgan fingerprint density at radius 2 is 0.955 bits per heavy atom. The quantitative estimate of drug-likeness (QED) is 0.791. The molecule has 2 atom stereocenters. The summed E-state index contributed by atoms with van der Waals surface area (Å²) < 4.78 is 20.7. The van der Waals surface area contributed by atoms with Gasteiger partial charge in [0.1, 0.15) is 0 Å². The van der Waals surface area contributed by atoms with Crippen LogP contribution in [0.3, 0.4) is 0 Å². The molecule has 2 unspecified atom stereocenters. The topological polar surface area (TPSA) is 74.6 Å². The average molecular weight is 340 g/mol. The molecule has 0 aliphatic heterocycles. The molecule has 0 spiro atoms. The standard InChI is InChI=1S/2C8H11O2P/c2*9-11(10)7-6-8-4-2-1-3-5-8/h2*1-5,11H,6-7H2,(H,9,10). The van der Waals surface area contributed by atoms with Gasteiger partial charge in [-0.15, -0.1) is 0 Å². The molecule has 0 saturated heterocycles. The highest BCUT2D eigenvalue weighted by Gasteiger charge is 1.94. The van der Waals surface area contributed by atoms with E-state index in [0.29, 0.717) is 25.2 Å². The van der Waals surface area contributed by atoms with Gasteiger partial charge in [0, 0.05) is 12.3 Å². The first-order valence-corrected chi connectivity index (χ1v) is 10.2. The maximum Gasteiger partial charge on any atom is 0.189 e. The zero-order valence-corrected chi connectivity index (χ0v) is 14.3. The van der Waals surface area contributed by atoms with Crippen LogP contribution in [0.4, 0.5) is 0 Å². The molecule has 0 radical (unpaired) electrons. The molecular formula is C16H22O4P2. The Labute approximate surface area is 132 Å². The molecule has 120 valence electrons. The third-order valence-electron chi connectivity index (χ3n) is 2.94. The SMILES string of the molecule is O=[PH](O)CCc1ccccc1.O=[PH](O)CCc1ccccc1. The van der Waals surface area contributed by atoms with Crippen molar-refractivity contribution in [3.8, 4) is 0 Å². The second kappa shape index (κ2) is 11.4. The van der Waals surface area contributed by atoms with Crippen molar-refractivity contribution < 1.29 is 18.9 Å². The zero-order valence-electron chi connectivity index (χ0n) is 12.3. The summed E-state index contributed by atoms with van der Waals surface area (Å²) in [5.41, 5.74) is 2.25. The molecule has 2 aromatic carbocycles. The molecule has 2 N–H and O–H groups in total. The molecule has 0 amide bonds. The van der Waals surface area contributed by atoms with Gasteiger partial charge in [-0.25, -0.2) is 0 Å². The maximum atomic E-state index is 10.4. The fourth-order valence-corrected chi connectivity index (χ4v) is 2.80. The highest BCUT2D eigenvalue weighted by molar-refractivity contribution is 7.38. The normalized spacial score (nSPS) is 12.8. The fourth-order valence-electron chi connectivity index (χ4n) is 1.79. The van der Waals surface area contributed by atoms with Gasteiger partial charge in [-0.3, -0.25) is 9.13 Å². The van der Waals surface area contributed by atoms with Crippen molar-refractivity contribution in [2.24, 2.45) is 0 Å². The van der Waals surface area contributed by atoms with E-state index in [2.05, 4.69) is 0 Å². The summed E-state index contributed by atoms with van der Waals surface area (Å²) in [6.07, 6.45) is 2.20. The van der Waals surface area contributed by atoms with Crippen LogP contribution in [0.25, 0.3) is 0 Å². The van der Waals surface area contributed by atoms with E-state index in [-0.39, 0.29) is 0 Å². The molecule has 0 aliphatic carbocycles. The van der Waals surface area contributed by atoms with E-state index in [1.807, 2.05) is 60.7 Å². The summed E-state index contributed by atoms with van der Waals surface area (Å²) in [6.45, 7) is 0. The molecule has 0 bridgehead atoms. The van der Waals surface area contributed by atoms with Crippen LogP contribution in [0.15, 0.2) is 60.7 Å². The highest BCUT2D eigenvalue weighted by atomic mass is 31.1. The van der Waals surface area contributed by atoms with Crippen molar-refractivity contribution in [2.75, 3.05) is 12.3 Å². The summed E-state index contributed by atoms with van der Waals surface area (Å²) in [7, 11) is -4.56. The van der Waals surface area contributed by atoms with Gasteiger partial charge in [0.25, 0.3) is 0 Å². The van der Waals surface area contributed by atoms with Gasteiger partial charge in [-0.1, -0.05) is 60.7 Å². The lowest BCUT2D eigenvalue weighted by Gasteiger charge is -1.96. The van der Waals surface area contributed by atoms with Crippen molar-refractivity contribution in [1.29, 1.82) is 0 Å². The van der Waals surface area contributed by atoms with Gasteiger partial charge in [-0.2, -0.15) is 0 Å². The minimum atomic E-state index is -2.28. The number of benzene rings is 2. The molecule has 0 fully saturated rings. The summed E-state index contributed by atoms with van der Waals surface area (Å²) in [5, 5.41) is 0. The molecule has 4 nitrogen and oxygen atoms in total. The Morgan fingerprint density at radius 3 is 1.23 bits per heavy atom. The molecule has 0 aromatic heterocycles. The summed E-state index contributed by atoms with van der Waals surface area (Å²) in [6, 6.07) is 19.5. The number of hydrogen-bond donors (Lipinski definition) is 2. The lowest BCUT2D eigenvalue weighted by Crippen LogP contribution is -1.86. The Balaban J connectivity index is 0.000000220. The third-order valence-corrected chi connectivity index (χ3v) is 4.30. The van der Waals surface area contributed by atoms with E-state index in [1.54, 1.807) is 0 Å². The van der Waals surface area contributed by atoms with Crippen LogP contribution in [0.2, 0.25) is 0 Å². The third kappa shape index (κ3) is 9.70. The van der Waals surface area contributed by atoms with Crippen LogP contribution in [0.1, 0.15) is 11.1 Å². The van der Waals surface area contributed by atoms with Gasteiger partial charge >= 0.3 is 0 Å². The lowest BCUT2D eigenvalue weighted by molar-refractivity contribution is 0.501. The van der Waals surface area contributed by atoms with Crippen LogP contribution in [0, 0.1) is 0 Å². The first-order chi connectivity index (χ1) is 10.6. The second-order valence-corrected chi connectivity index (χ2v) is 7.33. The van der Waals surface area contributed by atoms with Gasteiger partial charge in [-0.05, 0) is 24.0 Å². The second-order valence-electron chi connectivity index (χ2n) is 4.76.